The van der Waals surface area contributed by atoms with Crippen molar-refractivity contribution < 1.29 is 4.74 Å². The lowest BCUT2D eigenvalue weighted by atomic mass is 10.1. The fraction of sp³-hybridized carbons (Fsp3) is 0.316. The van der Waals surface area contributed by atoms with Crippen LogP contribution in [-0.4, -0.2) is 31.9 Å². The van der Waals surface area contributed by atoms with Crippen molar-refractivity contribution in [2.75, 3.05) is 37.0 Å². The molecule has 0 bridgehead atoms. The minimum absolute atomic E-state index is 0.563. The first kappa shape index (κ1) is 17.8. The number of hydrogen-bond acceptors (Lipinski definition) is 3. The zero-order valence-corrected chi connectivity index (χ0v) is 15.7. The summed E-state index contributed by atoms with van der Waals surface area (Å²) in [6.45, 7) is 2.93. The second-order valence-corrected chi connectivity index (χ2v) is 6.93. The van der Waals surface area contributed by atoms with Crippen LogP contribution >= 0.6 is 23.8 Å². The van der Waals surface area contributed by atoms with Crippen molar-refractivity contribution in [1.29, 1.82) is 0 Å². The maximum absolute atomic E-state index is 6.14. The van der Waals surface area contributed by atoms with Crippen molar-refractivity contribution in [3.8, 4) is 5.75 Å². The van der Waals surface area contributed by atoms with E-state index in [0.717, 1.165) is 37.5 Å². The Bertz CT molecular complexity index is 723. The molecular formula is C19H22ClN3OS. The van der Waals surface area contributed by atoms with E-state index in [0.29, 0.717) is 16.1 Å². The van der Waals surface area contributed by atoms with Crippen molar-refractivity contribution in [1.82, 2.24) is 5.32 Å². The van der Waals surface area contributed by atoms with E-state index in [1.807, 2.05) is 36.4 Å². The number of methoxy groups -OCH3 is 1. The van der Waals surface area contributed by atoms with Crippen LogP contribution in [0.15, 0.2) is 48.5 Å². The number of anilines is 2. The molecule has 4 nitrogen and oxygen atoms in total. The summed E-state index contributed by atoms with van der Waals surface area (Å²) in [5.74, 6) is 1.45. The third-order valence-corrected chi connectivity index (χ3v) is 4.97. The van der Waals surface area contributed by atoms with Crippen molar-refractivity contribution in [2.24, 2.45) is 5.92 Å². The SMILES string of the molecule is COc1ccc(N2CC[C@@H](CNC(=S)Nc3ccccc3Cl)C2)cc1. The molecule has 25 heavy (non-hydrogen) atoms. The predicted molar refractivity (Wildman–Crippen MR) is 109 cm³/mol. The number of nitrogens with one attached hydrogen (secondary N) is 2. The van der Waals surface area contributed by atoms with Gasteiger partial charge in [0.25, 0.3) is 0 Å². The van der Waals surface area contributed by atoms with E-state index in [2.05, 4.69) is 27.7 Å². The van der Waals surface area contributed by atoms with Crippen LogP contribution in [0.3, 0.4) is 0 Å². The molecule has 0 spiro atoms. The maximum Gasteiger partial charge on any atom is 0.170 e. The highest BCUT2D eigenvalue weighted by Gasteiger charge is 2.22. The van der Waals surface area contributed by atoms with Crippen LogP contribution in [0.25, 0.3) is 0 Å². The normalized spacial score (nSPS) is 16.6. The number of ether oxygens (including phenoxy) is 1. The molecule has 2 aromatic rings. The Morgan fingerprint density at radius 3 is 2.72 bits per heavy atom. The fourth-order valence-corrected chi connectivity index (χ4v) is 3.37. The van der Waals surface area contributed by atoms with Crippen molar-refractivity contribution in [3.05, 3.63) is 53.6 Å². The molecule has 132 valence electrons. The lowest BCUT2D eigenvalue weighted by molar-refractivity contribution is 0.415. The summed E-state index contributed by atoms with van der Waals surface area (Å²) in [7, 11) is 1.69. The molecule has 1 aliphatic heterocycles. The second-order valence-electron chi connectivity index (χ2n) is 6.11. The second kappa shape index (κ2) is 8.41. The zero-order valence-electron chi connectivity index (χ0n) is 14.2. The van der Waals surface area contributed by atoms with Crippen LogP contribution in [-0.2, 0) is 0 Å². The molecule has 1 atom stereocenters. The first-order valence-electron chi connectivity index (χ1n) is 8.34. The molecule has 1 heterocycles. The smallest absolute Gasteiger partial charge is 0.170 e. The van der Waals surface area contributed by atoms with Crippen molar-refractivity contribution >= 4 is 40.3 Å². The van der Waals surface area contributed by atoms with Gasteiger partial charge in [0, 0.05) is 25.3 Å². The lowest BCUT2D eigenvalue weighted by Gasteiger charge is -2.19. The fourth-order valence-electron chi connectivity index (χ4n) is 2.99. The van der Waals surface area contributed by atoms with Gasteiger partial charge in [-0.1, -0.05) is 23.7 Å². The Hall–Kier alpha value is -1.98. The molecular weight excluding hydrogens is 354 g/mol. The number of benzene rings is 2. The van der Waals surface area contributed by atoms with Gasteiger partial charge in [-0.2, -0.15) is 0 Å². The number of rotatable bonds is 5. The van der Waals surface area contributed by atoms with Gasteiger partial charge < -0.3 is 20.3 Å². The topological polar surface area (TPSA) is 36.5 Å². The molecule has 0 aliphatic carbocycles. The Balaban J connectivity index is 1.46. The summed E-state index contributed by atoms with van der Waals surface area (Å²) in [5, 5.41) is 7.73. The van der Waals surface area contributed by atoms with Crippen LogP contribution in [0.4, 0.5) is 11.4 Å². The first-order valence-corrected chi connectivity index (χ1v) is 9.12. The van der Waals surface area contributed by atoms with E-state index < -0.39 is 0 Å². The molecule has 0 unspecified atom stereocenters. The monoisotopic (exact) mass is 375 g/mol. The van der Waals surface area contributed by atoms with Gasteiger partial charge in [0.05, 0.1) is 17.8 Å². The van der Waals surface area contributed by atoms with E-state index in [4.69, 9.17) is 28.6 Å². The van der Waals surface area contributed by atoms with Gasteiger partial charge in [-0.3, -0.25) is 0 Å². The summed E-state index contributed by atoms with van der Waals surface area (Å²) < 4.78 is 5.22. The molecule has 0 radical (unpaired) electrons. The van der Waals surface area contributed by atoms with Gasteiger partial charge in [0.1, 0.15) is 5.75 Å². The molecule has 0 amide bonds. The summed E-state index contributed by atoms with van der Waals surface area (Å²) in [6, 6.07) is 15.8. The van der Waals surface area contributed by atoms with Crippen LogP contribution in [0, 0.1) is 5.92 Å². The van der Waals surface area contributed by atoms with Gasteiger partial charge in [-0.05, 0) is 61.0 Å². The Kier molecular flexibility index (Phi) is 6.00. The molecule has 2 N–H and O–H groups in total. The van der Waals surface area contributed by atoms with E-state index in [1.165, 1.54) is 5.69 Å². The average Bonchev–Trinajstić information content (AvgIpc) is 3.11. The van der Waals surface area contributed by atoms with Crippen LogP contribution in [0.2, 0.25) is 5.02 Å². The predicted octanol–water partition coefficient (Wildman–Crippen LogP) is 4.16. The van der Waals surface area contributed by atoms with E-state index in [1.54, 1.807) is 7.11 Å². The molecule has 0 saturated carbocycles. The summed E-state index contributed by atoms with van der Waals surface area (Å²) in [6.07, 6.45) is 1.15. The van der Waals surface area contributed by atoms with Gasteiger partial charge in [0.15, 0.2) is 5.11 Å². The largest absolute Gasteiger partial charge is 0.497 e. The molecule has 0 aromatic heterocycles. The maximum atomic E-state index is 6.14. The molecule has 1 fully saturated rings. The van der Waals surface area contributed by atoms with Crippen molar-refractivity contribution in [2.45, 2.75) is 6.42 Å². The van der Waals surface area contributed by atoms with Gasteiger partial charge in [-0.25, -0.2) is 0 Å². The molecule has 6 heteroatoms. The number of hydrogen-bond donors (Lipinski definition) is 2. The number of halogens is 1. The van der Waals surface area contributed by atoms with Crippen LogP contribution in [0.1, 0.15) is 6.42 Å². The Morgan fingerprint density at radius 1 is 1.24 bits per heavy atom. The van der Waals surface area contributed by atoms with E-state index in [9.17, 15) is 0 Å². The highest BCUT2D eigenvalue weighted by Crippen LogP contribution is 2.25. The van der Waals surface area contributed by atoms with Crippen LogP contribution < -0.4 is 20.3 Å². The van der Waals surface area contributed by atoms with Gasteiger partial charge in [-0.15, -0.1) is 0 Å². The number of nitrogens with zero attached hydrogens (tertiary/aromatic N) is 1. The Labute approximate surface area is 159 Å². The van der Waals surface area contributed by atoms with Crippen LogP contribution in [0.5, 0.6) is 5.75 Å². The van der Waals surface area contributed by atoms with Crippen molar-refractivity contribution in [3.63, 3.8) is 0 Å². The van der Waals surface area contributed by atoms with Gasteiger partial charge in [0.2, 0.25) is 0 Å². The highest BCUT2D eigenvalue weighted by molar-refractivity contribution is 7.80. The first-order chi connectivity index (χ1) is 12.2. The number of thiocarbonyl (C=S) groups is 1. The summed E-state index contributed by atoms with van der Waals surface area (Å²) in [5.41, 5.74) is 2.06. The van der Waals surface area contributed by atoms with Gasteiger partial charge >= 0.3 is 0 Å². The molecule has 1 saturated heterocycles. The molecule has 3 rings (SSSR count). The standard InChI is InChI=1S/C19H22ClN3OS/c1-24-16-8-6-15(7-9-16)23-11-10-14(13-23)12-21-19(25)22-18-5-3-2-4-17(18)20/h2-9,14H,10-13H2,1H3,(H2,21,22,25)/t14-/m0/s1. The highest BCUT2D eigenvalue weighted by atomic mass is 35.5. The average molecular weight is 376 g/mol. The summed E-state index contributed by atoms with van der Waals surface area (Å²) >= 11 is 11.5. The zero-order chi connectivity index (χ0) is 17.6. The number of para-hydroxylation sites is 1. The van der Waals surface area contributed by atoms with E-state index in [-0.39, 0.29) is 0 Å². The lowest BCUT2D eigenvalue weighted by Crippen LogP contribution is -2.34. The minimum Gasteiger partial charge on any atom is -0.497 e. The molecule has 1 aliphatic rings. The minimum atomic E-state index is 0.563. The third kappa shape index (κ3) is 4.77. The van der Waals surface area contributed by atoms with E-state index >= 15 is 0 Å². The third-order valence-electron chi connectivity index (χ3n) is 4.40. The summed E-state index contributed by atoms with van der Waals surface area (Å²) in [4.78, 5) is 2.40. The molecule has 2 aromatic carbocycles. The Morgan fingerprint density at radius 2 is 2.00 bits per heavy atom. The quantitative estimate of drug-likeness (QED) is 0.767.